The second-order valence-corrected chi connectivity index (χ2v) is 9.47. The maximum Gasteiger partial charge on any atom is 0.266 e. The predicted molar refractivity (Wildman–Crippen MR) is 131 cm³/mol. The van der Waals surface area contributed by atoms with Crippen molar-refractivity contribution in [1.82, 2.24) is 14.5 Å². The number of aryl methyl sites for hydroxylation is 1. The molecule has 0 saturated heterocycles. The van der Waals surface area contributed by atoms with Gasteiger partial charge in [-0.1, -0.05) is 32.0 Å². The van der Waals surface area contributed by atoms with Gasteiger partial charge in [-0.05, 0) is 68.9 Å². The van der Waals surface area contributed by atoms with E-state index in [1.54, 1.807) is 17.7 Å². The molecule has 0 bridgehead atoms. The van der Waals surface area contributed by atoms with E-state index in [2.05, 4.69) is 13.8 Å². The van der Waals surface area contributed by atoms with Gasteiger partial charge in [0.05, 0.1) is 29.7 Å². The molecule has 2 aromatic carbocycles. The molecule has 0 N–H and O–H groups in total. The van der Waals surface area contributed by atoms with Gasteiger partial charge in [0.15, 0.2) is 0 Å². The van der Waals surface area contributed by atoms with E-state index >= 15 is 0 Å². The molecular formula is C27H33N3O3. The van der Waals surface area contributed by atoms with Crippen molar-refractivity contribution in [3.05, 3.63) is 64.2 Å². The van der Waals surface area contributed by atoms with E-state index in [1.807, 2.05) is 55.1 Å². The monoisotopic (exact) mass is 447 g/mol. The summed E-state index contributed by atoms with van der Waals surface area (Å²) in [6.45, 7) is 8.92. The lowest BCUT2D eigenvalue weighted by atomic mass is 10.1. The van der Waals surface area contributed by atoms with E-state index in [-0.39, 0.29) is 23.4 Å². The highest BCUT2D eigenvalue weighted by molar-refractivity contribution is 5.82. The second-order valence-electron chi connectivity index (χ2n) is 9.47. The molecule has 6 heteroatoms. The molecular weight excluding hydrogens is 414 g/mol. The van der Waals surface area contributed by atoms with E-state index in [0.29, 0.717) is 40.6 Å². The molecule has 174 valence electrons. The van der Waals surface area contributed by atoms with Gasteiger partial charge in [0.1, 0.15) is 11.6 Å². The fourth-order valence-electron chi connectivity index (χ4n) is 4.23. The molecule has 1 aliphatic carbocycles. The number of methoxy groups -OCH3 is 1. The van der Waals surface area contributed by atoms with Crippen molar-refractivity contribution in [2.75, 3.05) is 13.7 Å². The molecule has 0 radical (unpaired) electrons. The molecule has 3 aromatic rings. The predicted octanol–water partition coefficient (Wildman–Crippen LogP) is 5.05. The summed E-state index contributed by atoms with van der Waals surface area (Å²) in [7, 11) is 1.60. The highest BCUT2D eigenvalue weighted by atomic mass is 16.5. The molecule has 1 fully saturated rings. The molecule has 1 atom stereocenters. The third kappa shape index (κ3) is 4.65. The summed E-state index contributed by atoms with van der Waals surface area (Å²) in [5, 5.41) is 0.541. The molecule has 1 saturated carbocycles. The quantitative estimate of drug-likeness (QED) is 0.485. The highest BCUT2D eigenvalue weighted by Gasteiger charge is 2.37. The Morgan fingerprint density at radius 3 is 2.58 bits per heavy atom. The van der Waals surface area contributed by atoms with Crippen molar-refractivity contribution >= 4 is 16.8 Å². The number of benzene rings is 2. The van der Waals surface area contributed by atoms with Gasteiger partial charge in [-0.25, -0.2) is 4.98 Å². The SMILES string of the molecule is COc1ccc(C)cc1-n1c(C(C)N(CCC(C)C)C(=O)C2CC2)nc2ccccc2c1=O. The second kappa shape index (κ2) is 9.38. The third-order valence-corrected chi connectivity index (χ3v) is 6.38. The van der Waals surface area contributed by atoms with Gasteiger partial charge in [0, 0.05) is 12.5 Å². The number of para-hydroxylation sites is 1. The summed E-state index contributed by atoms with van der Waals surface area (Å²) < 4.78 is 7.26. The zero-order chi connectivity index (χ0) is 23.7. The zero-order valence-corrected chi connectivity index (χ0v) is 20.2. The summed E-state index contributed by atoms with van der Waals surface area (Å²) in [5.74, 6) is 1.87. The average molecular weight is 448 g/mol. The van der Waals surface area contributed by atoms with Crippen LogP contribution in [0.5, 0.6) is 5.75 Å². The van der Waals surface area contributed by atoms with Crippen molar-refractivity contribution in [3.8, 4) is 11.4 Å². The first-order valence-corrected chi connectivity index (χ1v) is 11.8. The number of amides is 1. The Kier molecular flexibility index (Phi) is 6.54. The Morgan fingerprint density at radius 1 is 1.18 bits per heavy atom. The lowest BCUT2D eigenvalue weighted by Crippen LogP contribution is -2.39. The van der Waals surface area contributed by atoms with Crippen LogP contribution in [0.3, 0.4) is 0 Å². The minimum atomic E-state index is -0.362. The summed E-state index contributed by atoms with van der Waals surface area (Å²) in [6.07, 6.45) is 2.77. The minimum Gasteiger partial charge on any atom is -0.495 e. The van der Waals surface area contributed by atoms with E-state index in [1.165, 1.54) is 0 Å². The van der Waals surface area contributed by atoms with Crippen LogP contribution >= 0.6 is 0 Å². The fraction of sp³-hybridized carbons (Fsp3) is 0.444. The third-order valence-electron chi connectivity index (χ3n) is 6.38. The number of ether oxygens (including phenoxy) is 1. The number of carbonyl (C=O) groups is 1. The first kappa shape index (κ1) is 23.0. The van der Waals surface area contributed by atoms with Crippen LogP contribution in [0.25, 0.3) is 16.6 Å². The molecule has 1 aliphatic rings. The number of fused-ring (bicyclic) bond motifs is 1. The molecule has 0 aliphatic heterocycles. The van der Waals surface area contributed by atoms with Crippen LogP contribution in [0.4, 0.5) is 0 Å². The van der Waals surface area contributed by atoms with Crippen molar-refractivity contribution in [2.45, 2.75) is 53.0 Å². The van der Waals surface area contributed by atoms with Gasteiger partial charge in [0.2, 0.25) is 5.91 Å². The van der Waals surface area contributed by atoms with Crippen LogP contribution in [0.2, 0.25) is 0 Å². The lowest BCUT2D eigenvalue weighted by Gasteiger charge is -2.31. The van der Waals surface area contributed by atoms with Crippen LogP contribution in [0, 0.1) is 18.8 Å². The minimum absolute atomic E-state index is 0.0914. The summed E-state index contributed by atoms with van der Waals surface area (Å²) >= 11 is 0. The molecule has 4 rings (SSSR count). The molecule has 33 heavy (non-hydrogen) atoms. The lowest BCUT2D eigenvalue weighted by molar-refractivity contribution is -0.135. The maximum absolute atomic E-state index is 13.8. The van der Waals surface area contributed by atoms with E-state index < -0.39 is 0 Å². The number of hydrogen-bond donors (Lipinski definition) is 0. The molecule has 1 amide bonds. The van der Waals surface area contributed by atoms with Crippen LogP contribution in [0.15, 0.2) is 47.3 Å². The van der Waals surface area contributed by atoms with Crippen molar-refractivity contribution in [2.24, 2.45) is 11.8 Å². The standard InChI is InChI=1S/C27H33N3O3/c1-17(2)14-15-29(26(31)20-11-12-20)19(4)25-28-22-9-7-6-8-21(22)27(32)30(25)23-16-18(3)10-13-24(23)33-5/h6-10,13,16-17,19-20H,11-12,14-15H2,1-5H3. The largest absolute Gasteiger partial charge is 0.495 e. The van der Waals surface area contributed by atoms with E-state index in [4.69, 9.17) is 9.72 Å². The fourth-order valence-corrected chi connectivity index (χ4v) is 4.23. The van der Waals surface area contributed by atoms with Gasteiger partial charge in [0.25, 0.3) is 5.56 Å². The van der Waals surface area contributed by atoms with Crippen LogP contribution in [-0.2, 0) is 4.79 Å². The van der Waals surface area contributed by atoms with Crippen LogP contribution in [0.1, 0.15) is 57.5 Å². The van der Waals surface area contributed by atoms with Gasteiger partial charge in [-0.2, -0.15) is 0 Å². The topological polar surface area (TPSA) is 64.4 Å². The molecule has 0 spiro atoms. The number of nitrogens with zero attached hydrogens (tertiary/aromatic N) is 3. The normalized spacial score (nSPS) is 14.5. The first-order chi connectivity index (χ1) is 15.8. The van der Waals surface area contributed by atoms with Gasteiger partial charge >= 0.3 is 0 Å². The molecule has 1 unspecified atom stereocenters. The Morgan fingerprint density at radius 2 is 1.91 bits per heavy atom. The molecule has 1 heterocycles. The van der Waals surface area contributed by atoms with Crippen molar-refractivity contribution < 1.29 is 9.53 Å². The van der Waals surface area contributed by atoms with Gasteiger partial charge in [-0.3, -0.25) is 14.2 Å². The van der Waals surface area contributed by atoms with Crippen molar-refractivity contribution in [1.29, 1.82) is 0 Å². The number of hydrogen-bond acceptors (Lipinski definition) is 4. The van der Waals surface area contributed by atoms with Gasteiger partial charge < -0.3 is 9.64 Å². The number of rotatable bonds is 8. The smallest absolute Gasteiger partial charge is 0.266 e. The zero-order valence-electron chi connectivity index (χ0n) is 20.2. The summed E-state index contributed by atoms with van der Waals surface area (Å²) in [5.41, 5.74) is 2.13. The maximum atomic E-state index is 13.8. The Hall–Kier alpha value is -3.15. The van der Waals surface area contributed by atoms with Gasteiger partial charge in [-0.15, -0.1) is 0 Å². The highest BCUT2D eigenvalue weighted by Crippen LogP contribution is 2.35. The van der Waals surface area contributed by atoms with Crippen LogP contribution in [-0.4, -0.2) is 34.0 Å². The van der Waals surface area contributed by atoms with E-state index in [9.17, 15) is 9.59 Å². The summed E-state index contributed by atoms with van der Waals surface area (Å²) in [4.78, 5) is 34.0. The van der Waals surface area contributed by atoms with Crippen LogP contribution < -0.4 is 10.3 Å². The average Bonchev–Trinajstić information content (AvgIpc) is 3.64. The van der Waals surface area contributed by atoms with Crippen molar-refractivity contribution in [3.63, 3.8) is 0 Å². The Bertz CT molecular complexity index is 1230. The molecule has 6 nitrogen and oxygen atoms in total. The summed E-state index contributed by atoms with van der Waals surface area (Å²) in [6, 6.07) is 12.8. The number of aromatic nitrogens is 2. The first-order valence-electron chi connectivity index (χ1n) is 11.8. The Labute approximate surface area is 195 Å². The molecule has 1 aromatic heterocycles. The van der Waals surface area contributed by atoms with E-state index in [0.717, 1.165) is 24.8 Å². The Balaban J connectivity index is 1.94. The number of carbonyl (C=O) groups excluding carboxylic acids is 1.